The van der Waals surface area contributed by atoms with Gasteiger partial charge in [-0.1, -0.05) is 24.3 Å². The number of fused-ring (bicyclic) bond motifs is 1. The Hall–Kier alpha value is -2.83. The van der Waals surface area contributed by atoms with Crippen molar-refractivity contribution in [3.8, 4) is 11.4 Å². The van der Waals surface area contributed by atoms with Crippen molar-refractivity contribution in [1.82, 2.24) is 20.6 Å². The van der Waals surface area contributed by atoms with Gasteiger partial charge in [0, 0.05) is 30.7 Å². The number of hydrogen-bond donors (Lipinski definition) is 2. The third-order valence-corrected chi connectivity index (χ3v) is 5.63. The molecule has 0 unspecified atom stereocenters. The molecule has 0 aliphatic carbocycles. The van der Waals surface area contributed by atoms with Crippen LogP contribution in [0, 0.1) is 5.41 Å². The number of pyridine rings is 2. The molecule has 3 heterocycles. The molecule has 0 spiro atoms. The van der Waals surface area contributed by atoms with Gasteiger partial charge < -0.3 is 15.4 Å². The van der Waals surface area contributed by atoms with E-state index in [1.807, 2.05) is 48.5 Å². The average molecular weight is 390 g/mol. The Morgan fingerprint density at radius 1 is 1.14 bits per heavy atom. The van der Waals surface area contributed by atoms with E-state index in [9.17, 15) is 4.79 Å². The monoisotopic (exact) mass is 390 g/mol. The first-order valence-corrected chi connectivity index (χ1v) is 10.00. The number of aromatic nitrogens is 2. The third-order valence-electron chi connectivity index (χ3n) is 5.63. The number of para-hydroxylation sites is 1. The van der Waals surface area contributed by atoms with Crippen LogP contribution < -0.4 is 10.6 Å². The largest absolute Gasteiger partial charge is 0.384 e. The molecule has 4 rings (SSSR count). The lowest BCUT2D eigenvalue weighted by atomic mass is 9.79. The maximum Gasteiger partial charge on any atom is 0.252 e. The van der Waals surface area contributed by atoms with Crippen LogP contribution >= 0.6 is 0 Å². The zero-order chi connectivity index (χ0) is 20.1. The van der Waals surface area contributed by atoms with Crippen LogP contribution in [0.3, 0.4) is 0 Å². The summed E-state index contributed by atoms with van der Waals surface area (Å²) < 4.78 is 5.47. The van der Waals surface area contributed by atoms with E-state index in [0.29, 0.717) is 24.4 Å². The molecule has 29 heavy (non-hydrogen) atoms. The zero-order valence-corrected chi connectivity index (χ0v) is 16.6. The smallest absolute Gasteiger partial charge is 0.252 e. The maximum absolute atomic E-state index is 13.2. The lowest BCUT2D eigenvalue weighted by Crippen LogP contribution is -2.47. The molecule has 6 heteroatoms. The fourth-order valence-corrected chi connectivity index (χ4v) is 4.01. The van der Waals surface area contributed by atoms with E-state index in [4.69, 9.17) is 9.72 Å². The number of amides is 1. The molecule has 150 valence electrons. The normalized spacial score (nSPS) is 15.9. The molecule has 1 aromatic carbocycles. The minimum Gasteiger partial charge on any atom is -0.384 e. The second-order valence-electron chi connectivity index (χ2n) is 7.65. The Balaban J connectivity index is 1.64. The molecule has 2 N–H and O–H groups in total. The standard InChI is InChI=1S/C23H26N4O2/c1-29-16-23(9-12-24-13-10-23)15-26-22(28)18-14-21(20-8-4-5-11-25-20)27-19-7-3-2-6-17(18)19/h2-8,11,14,24H,9-10,12-13,15-16H2,1H3,(H,26,28). The molecular formula is C23H26N4O2. The summed E-state index contributed by atoms with van der Waals surface area (Å²) in [6.07, 6.45) is 3.70. The van der Waals surface area contributed by atoms with Crippen LogP contribution in [0.4, 0.5) is 0 Å². The molecule has 1 aliphatic rings. The summed E-state index contributed by atoms with van der Waals surface area (Å²) in [5.41, 5.74) is 2.83. The Morgan fingerprint density at radius 3 is 2.69 bits per heavy atom. The van der Waals surface area contributed by atoms with Gasteiger partial charge in [0.15, 0.2) is 0 Å². The summed E-state index contributed by atoms with van der Waals surface area (Å²) in [5.74, 6) is -0.0882. The first-order chi connectivity index (χ1) is 14.2. The minimum absolute atomic E-state index is 0.0255. The second kappa shape index (κ2) is 8.68. The number of carbonyl (C=O) groups is 1. The maximum atomic E-state index is 13.2. The predicted octanol–water partition coefficient (Wildman–Crippen LogP) is 3.04. The number of ether oxygens (including phenoxy) is 1. The number of nitrogens with one attached hydrogen (secondary N) is 2. The number of methoxy groups -OCH3 is 1. The van der Waals surface area contributed by atoms with E-state index in [1.165, 1.54) is 0 Å². The van der Waals surface area contributed by atoms with E-state index in [2.05, 4.69) is 15.6 Å². The lowest BCUT2D eigenvalue weighted by molar-refractivity contribution is 0.0512. The fourth-order valence-electron chi connectivity index (χ4n) is 4.01. The van der Waals surface area contributed by atoms with Gasteiger partial charge in [-0.15, -0.1) is 0 Å². The van der Waals surface area contributed by atoms with Crippen LogP contribution in [0.2, 0.25) is 0 Å². The first kappa shape index (κ1) is 19.5. The Labute approximate surface area is 170 Å². The summed E-state index contributed by atoms with van der Waals surface area (Å²) >= 11 is 0. The molecule has 1 saturated heterocycles. The molecule has 1 amide bonds. The van der Waals surface area contributed by atoms with E-state index in [-0.39, 0.29) is 11.3 Å². The summed E-state index contributed by atoms with van der Waals surface area (Å²) in [7, 11) is 1.72. The van der Waals surface area contributed by atoms with E-state index < -0.39 is 0 Å². The van der Waals surface area contributed by atoms with E-state index in [0.717, 1.165) is 42.5 Å². The minimum atomic E-state index is -0.0882. The quantitative estimate of drug-likeness (QED) is 0.677. The van der Waals surface area contributed by atoms with Crippen molar-refractivity contribution in [3.05, 3.63) is 60.3 Å². The average Bonchev–Trinajstić information content (AvgIpc) is 2.78. The Kier molecular flexibility index (Phi) is 5.83. The lowest BCUT2D eigenvalue weighted by Gasteiger charge is -2.37. The van der Waals surface area contributed by atoms with Crippen LogP contribution in [-0.2, 0) is 4.74 Å². The van der Waals surface area contributed by atoms with Crippen molar-refractivity contribution in [2.75, 3.05) is 33.4 Å². The molecule has 0 bridgehead atoms. The summed E-state index contributed by atoms with van der Waals surface area (Å²) in [5, 5.41) is 7.40. The number of nitrogens with zero attached hydrogens (tertiary/aromatic N) is 2. The second-order valence-corrected chi connectivity index (χ2v) is 7.65. The van der Waals surface area contributed by atoms with Crippen LogP contribution in [0.5, 0.6) is 0 Å². The van der Waals surface area contributed by atoms with Crippen LogP contribution in [0.25, 0.3) is 22.3 Å². The number of rotatable bonds is 6. The molecule has 0 atom stereocenters. The SMILES string of the molecule is COCC1(CNC(=O)c2cc(-c3ccccn3)nc3ccccc23)CCNCC1. The summed E-state index contributed by atoms with van der Waals surface area (Å²) in [6.45, 7) is 3.13. The van der Waals surface area contributed by atoms with Gasteiger partial charge in [-0.25, -0.2) is 4.98 Å². The Bertz CT molecular complexity index is 979. The van der Waals surface area contributed by atoms with Gasteiger partial charge in [0.25, 0.3) is 5.91 Å². The summed E-state index contributed by atoms with van der Waals surface area (Å²) in [6, 6.07) is 15.3. The highest BCUT2D eigenvalue weighted by Gasteiger charge is 2.32. The van der Waals surface area contributed by atoms with E-state index in [1.54, 1.807) is 13.3 Å². The van der Waals surface area contributed by atoms with Gasteiger partial charge in [-0.2, -0.15) is 0 Å². The molecule has 3 aromatic rings. The first-order valence-electron chi connectivity index (χ1n) is 10.00. The van der Waals surface area contributed by atoms with Gasteiger partial charge in [-0.3, -0.25) is 9.78 Å². The highest BCUT2D eigenvalue weighted by Crippen LogP contribution is 2.29. The van der Waals surface area contributed by atoms with Crippen molar-refractivity contribution in [1.29, 1.82) is 0 Å². The van der Waals surface area contributed by atoms with E-state index >= 15 is 0 Å². The van der Waals surface area contributed by atoms with Crippen LogP contribution in [0.1, 0.15) is 23.2 Å². The van der Waals surface area contributed by atoms with Crippen molar-refractivity contribution in [3.63, 3.8) is 0 Å². The molecule has 0 saturated carbocycles. The van der Waals surface area contributed by atoms with Crippen molar-refractivity contribution in [2.24, 2.45) is 5.41 Å². The topological polar surface area (TPSA) is 76.1 Å². The summed E-state index contributed by atoms with van der Waals surface area (Å²) in [4.78, 5) is 22.3. The zero-order valence-electron chi connectivity index (χ0n) is 16.6. The number of hydrogen-bond acceptors (Lipinski definition) is 5. The van der Waals surface area contributed by atoms with Gasteiger partial charge >= 0.3 is 0 Å². The number of piperidine rings is 1. The van der Waals surface area contributed by atoms with Gasteiger partial charge in [0.1, 0.15) is 0 Å². The highest BCUT2D eigenvalue weighted by molar-refractivity contribution is 6.07. The molecular weight excluding hydrogens is 364 g/mol. The van der Waals surface area contributed by atoms with Crippen molar-refractivity contribution >= 4 is 16.8 Å². The fraction of sp³-hybridized carbons (Fsp3) is 0.348. The molecule has 6 nitrogen and oxygen atoms in total. The number of carbonyl (C=O) groups excluding carboxylic acids is 1. The van der Waals surface area contributed by atoms with Gasteiger partial charge in [0.2, 0.25) is 0 Å². The molecule has 1 fully saturated rings. The molecule has 1 aliphatic heterocycles. The van der Waals surface area contributed by atoms with Crippen LogP contribution in [0.15, 0.2) is 54.7 Å². The Morgan fingerprint density at radius 2 is 1.93 bits per heavy atom. The van der Waals surface area contributed by atoms with Crippen molar-refractivity contribution < 1.29 is 9.53 Å². The predicted molar refractivity (Wildman–Crippen MR) is 114 cm³/mol. The highest BCUT2D eigenvalue weighted by atomic mass is 16.5. The number of benzene rings is 1. The van der Waals surface area contributed by atoms with Gasteiger partial charge in [0.05, 0.1) is 29.1 Å². The molecule has 2 aromatic heterocycles. The van der Waals surface area contributed by atoms with Crippen LogP contribution in [-0.4, -0.2) is 49.2 Å². The van der Waals surface area contributed by atoms with Crippen molar-refractivity contribution in [2.45, 2.75) is 12.8 Å². The molecule has 0 radical (unpaired) electrons. The third kappa shape index (κ3) is 4.28. The van der Waals surface area contributed by atoms with Gasteiger partial charge in [-0.05, 0) is 50.2 Å².